The molecule has 1 N–H and O–H groups in total. The lowest BCUT2D eigenvalue weighted by molar-refractivity contribution is 0.0696. The van der Waals surface area contributed by atoms with E-state index in [0.29, 0.717) is 12.0 Å². The number of hydrogen-bond acceptors (Lipinski definition) is 4. The number of carboxylic acid groups (broad SMARTS) is 1. The van der Waals surface area contributed by atoms with Crippen molar-refractivity contribution >= 4 is 27.5 Å². The molecule has 1 aromatic heterocycles. The maximum absolute atomic E-state index is 11.4. The predicted octanol–water partition coefficient (Wildman–Crippen LogP) is 5.38. The third kappa shape index (κ3) is 3.43. The number of thiazole rings is 1. The lowest BCUT2D eigenvalue weighted by atomic mass is 10.1. The second kappa shape index (κ2) is 6.98. The Balaban J connectivity index is 1.61. The fourth-order valence-electron chi connectivity index (χ4n) is 2.76. The van der Waals surface area contributed by atoms with Crippen molar-refractivity contribution in [3.63, 3.8) is 0 Å². The predicted molar refractivity (Wildman–Crippen MR) is 102 cm³/mol. The third-order valence-electron chi connectivity index (χ3n) is 3.97. The van der Waals surface area contributed by atoms with Gasteiger partial charge in [-0.2, -0.15) is 0 Å². The average Bonchev–Trinajstić information content (AvgIpc) is 3.04. The molecule has 4 nitrogen and oxygen atoms in total. The molecule has 0 unspecified atom stereocenters. The summed E-state index contributed by atoms with van der Waals surface area (Å²) in [6.07, 6.45) is 0.497. The summed E-state index contributed by atoms with van der Waals surface area (Å²) in [5, 5.41) is 10.2. The number of ether oxygens (including phenoxy) is 1. The van der Waals surface area contributed by atoms with Crippen LogP contribution >= 0.6 is 11.3 Å². The van der Waals surface area contributed by atoms with Gasteiger partial charge in [0, 0.05) is 12.5 Å². The fourth-order valence-corrected chi connectivity index (χ4v) is 3.78. The minimum atomic E-state index is -0.916. The van der Waals surface area contributed by atoms with E-state index >= 15 is 0 Å². The van der Waals surface area contributed by atoms with Gasteiger partial charge >= 0.3 is 5.97 Å². The first kappa shape index (κ1) is 16.3. The van der Waals surface area contributed by atoms with Crippen LogP contribution in [0.2, 0.25) is 0 Å². The lowest BCUT2D eigenvalue weighted by Crippen LogP contribution is -2.02. The van der Waals surface area contributed by atoms with Gasteiger partial charge in [0.15, 0.2) is 0 Å². The second-order valence-electron chi connectivity index (χ2n) is 5.79. The Bertz CT molecular complexity index is 1070. The normalized spacial score (nSPS) is 10.8. The number of rotatable bonds is 5. The van der Waals surface area contributed by atoms with E-state index in [0.717, 1.165) is 32.3 Å². The SMILES string of the molecule is O=C(O)c1ccccc1Cc1nc2ccc(Oc3ccccc3)cc2s1. The average molecular weight is 361 g/mol. The molecule has 0 saturated carbocycles. The molecule has 0 atom stereocenters. The van der Waals surface area contributed by atoms with E-state index in [1.165, 1.54) is 0 Å². The molecule has 3 aromatic carbocycles. The van der Waals surface area contributed by atoms with Crippen LogP contribution in [-0.2, 0) is 6.42 Å². The Hall–Kier alpha value is -3.18. The molecule has 0 aliphatic carbocycles. The number of nitrogens with zero attached hydrogens (tertiary/aromatic N) is 1. The number of hydrogen-bond donors (Lipinski definition) is 1. The van der Waals surface area contributed by atoms with Gasteiger partial charge < -0.3 is 9.84 Å². The molecule has 0 spiro atoms. The van der Waals surface area contributed by atoms with E-state index in [-0.39, 0.29) is 0 Å². The summed E-state index contributed by atoms with van der Waals surface area (Å²) in [6.45, 7) is 0. The summed E-state index contributed by atoms with van der Waals surface area (Å²) < 4.78 is 6.88. The van der Waals surface area contributed by atoms with Gasteiger partial charge in [-0.1, -0.05) is 36.4 Å². The van der Waals surface area contributed by atoms with Gasteiger partial charge in [-0.05, 0) is 35.9 Å². The Morgan fingerprint density at radius 1 is 0.962 bits per heavy atom. The molecule has 0 amide bonds. The Morgan fingerprint density at radius 3 is 2.54 bits per heavy atom. The minimum absolute atomic E-state index is 0.319. The first-order valence-electron chi connectivity index (χ1n) is 8.12. The van der Waals surface area contributed by atoms with Gasteiger partial charge in [0.05, 0.1) is 20.8 Å². The van der Waals surface area contributed by atoms with Crippen molar-refractivity contribution in [2.24, 2.45) is 0 Å². The minimum Gasteiger partial charge on any atom is -0.478 e. The molecule has 4 aromatic rings. The number of aromatic carboxylic acids is 1. The lowest BCUT2D eigenvalue weighted by Gasteiger charge is -2.04. The molecule has 0 radical (unpaired) electrons. The first-order valence-corrected chi connectivity index (χ1v) is 8.94. The largest absolute Gasteiger partial charge is 0.478 e. The van der Waals surface area contributed by atoms with Crippen molar-refractivity contribution in [2.45, 2.75) is 6.42 Å². The van der Waals surface area contributed by atoms with E-state index in [2.05, 4.69) is 4.98 Å². The highest BCUT2D eigenvalue weighted by molar-refractivity contribution is 7.18. The number of fused-ring (bicyclic) bond motifs is 1. The highest BCUT2D eigenvalue weighted by Crippen LogP contribution is 2.30. The van der Waals surface area contributed by atoms with Crippen LogP contribution in [0.5, 0.6) is 11.5 Å². The summed E-state index contributed by atoms with van der Waals surface area (Å²) in [4.78, 5) is 16.0. The number of benzene rings is 3. The van der Waals surface area contributed by atoms with Crippen LogP contribution in [0.25, 0.3) is 10.2 Å². The molecule has 0 fully saturated rings. The van der Waals surface area contributed by atoms with Crippen molar-refractivity contribution in [1.82, 2.24) is 4.98 Å². The van der Waals surface area contributed by atoms with Crippen LogP contribution in [0.3, 0.4) is 0 Å². The number of para-hydroxylation sites is 1. The molecule has 0 saturated heterocycles. The zero-order valence-electron chi connectivity index (χ0n) is 13.8. The molecule has 5 heteroatoms. The molecular formula is C21H15NO3S. The van der Waals surface area contributed by atoms with E-state index in [1.54, 1.807) is 23.5 Å². The summed E-state index contributed by atoms with van der Waals surface area (Å²) >= 11 is 1.55. The highest BCUT2D eigenvalue weighted by Gasteiger charge is 2.12. The van der Waals surface area contributed by atoms with E-state index in [4.69, 9.17) is 4.74 Å². The molecular weight excluding hydrogens is 346 g/mol. The molecule has 4 rings (SSSR count). The van der Waals surface area contributed by atoms with Crippen LogP contribution in [0.1, 0.15) is 20.9 Å². The maximum atomic E-state index is 11.4. The summed E-state index contributed by atoms with van der Waals surface area (Å²) in [5.41, 5.74) is 1.97. The molecule has 0 aliphatic rings. The smallest absolute Gasteiger partial charge is 0.335 e. The Labute approximate surface area is 154 Å². The van der Waals surface area contributed by atoms with Crippen molar-refractivity contribution < 1.29 is 14.6 Å². The Kier molecular flexibility index (Phi) is 4.37. The zero-order chi connectivity index (χ0) is 17.9. The third-order valence-corrected chi connectivity index (χ3v) is 4.99. The van der Waals surface area contributed by atoms with Crippen LogP contribution in [-0.4, -0.2) is 16.1 Å². The van der Waals surface area contributed by atoms with Crippen LogP contribution in [0.15, 0.2) is 72.8 Å². The summed E-state index contributed by atoms with van der Waals surface area (Å²) in [6, 6.07) is 22.4. The van der Waals surface area contributed by atoms with Crippen molar-refractivity contribution in [3.05, 3.63) is 88.9 Å². The molecule has 128 valence electrons. The monoisotopic (exact) mass is 361 g/mol. The standard InChI is InChI=1S/C21H15NO3S/c23-21(24)17-9-5-4-6-14(17)12-20-22-18-11-10-16(13-19(18)26-20)25-15-7-2-1-3-8-15/h1-11,13H,12H2,(H,23,24). The van der Waals surface area contributed by atoms with Gasteiger partial charge in [0.1, 0.15) is 11.5 Å². The first-order chi connectivity index (χ1) is 12.7. The fraction of sp³-hybridized carbons (Fsp3) is 0.0476. The zero-order valence-corrected chi connectivity index (χ0v) is 14.6. The van der Waals surface area contributed by atoms with Crippen molar-refractivity contribution in [1.29, 1.82) is 0 Å². The quantitative estimate of drug-likeness (QED) is 0.519. The van der Waals surface area contributed by atoms with Crippen LogP contribution in [0.4, 0.5) is 0 Å². The van der Waals surface area contributed by atoms with Gasteiger partial charge in [0.2, 0.25) is 0 Å². The van der Waals surface area contributed by atoms with E-state index in [9.17, 15) is 9.90 Å². The molecule has 0 aliphatic heterocycles. The number of carbonyl (C=O) groups is 1. The van der Waals surface area contributed by atoms with E-state index in [1.807, 2.05) is 60.7 Å². The number of aromatic nitrogens is 1. The highest BCUT2D eigenvalue weighted by atomic mass is 32.1. The van der Waals surface area contributed by atoms with Crippen molar-refractivity contribution in [2.75, 3.05) is 0 Å². The molecule has 1 heterocycles. The molecule has 0 bridgehead atoms. The van der Waals surface area contributed by atoms with Gasteiger partial charge in [-0.3, -0.25) is 0 Å². The van der Waals surface area contributed by atoms with E-state index < -0.39 is 5.97 Å². The second-order valence-corrected chi connectivity index (χ2v) is 6.91. The maximum Gasteiger partial charge on any atom is 0.335 e. The van der Waals surface area contributed by atoms with Crippen molar-refractivity contribution in [3.8, 4) is 11.5 Å². The van der Waals surface area contributed by atoms with Crippen LogP contribution < -0.4 is 4.74 Å². The van der Waals surface area contributed by atoms with Gasteiger partial charge in [0.25, 0.3) is 0 Å². The van der Waals surface area contributed by atoms with Crippen LogP contribution in [0, 0.1) is 0 Å². The van der Waals surface area contributed by atoms with Gasteiger partial charge in [-0.15, -0.1) is 11.3 Å². The Morgan fingerprint density at radius 2 is 1.73 bits per heavy atom. The summed E-state index contributed by atoms with van der Waals surface area (Å²) in [5.74, 6) is 0.622. The summed E-state index contributed by atoms with van der Waals surface area (Å²) in [7, 11) is 0. The number of carboxylic acids is 1. The molecule has 26 heavy (non-hydrogen) atoms. The topological polar surface area (TPSA) is 59.4 Å². The van der Waals surface area contributed by atoms with Gasteiger partial charge in [-0.25, -0.2) is 9.78 Å².